The van der Waals surface area contributed by atoms with Gasteiger partial charge in [-0.05, 0) is 25.8 Å². The highest BCUT2D eigenvalue weighted by molar-refractivity contribution is 7.99. The molecule has 0 saturated carbocycles. The number of hydrogen-bond acceptors (Lipinski definition) is 4. The second kappa shape index (κ2) is 7.65. The Balaban J connectivity index is 2.10. The lowest BCUT2D eigenvalue weighted by Crippen LogP contribution is -1.90. The Morgan fingerprint density at radius 2 is 2.07 bits per heavy atom. The van der Waals surface area contributed by atoms with Crippen LogP contribution in [0.2, 0.25) is 0 Å². The number of aliphatic hydroxyl groups excluding tert-OH is 1. The number of nitrogens with zero attached hydrogens (tertiary/aromatic N) is 2. The predicted octanol–water partition coefficient (Wildman–Crippen LogP) is 2.43. The molecule has 1 aromatic rings. The van der Waals surface area contributed by atoms with Crippen LogP contribution < -0.4 is 0 Å². The van der Waals surface area contributed by atoms with Crippen LogP contribution in [0, 0.1) is 6.92 Å². The monoisotopic (exact) mass is 226 g/mol. The lowest BCUT2D eigenvalue weighted by molar-refractivity contribution is 0.283. The first-order valence-electron chi connectivity index (χ1n) is 5.36. The Kier molecular flexibility index (Phi) is 6.36. The Hall–Kier alpha value is -0.610. The third kappa shape index (κ3) is 5.74. The van der Waals surface area contributed by atoms with Crippen LogP contribution in [-0.4, -0.2) is 27.4 Å². The summed E-state index contributed by atoms with van der Waals surface area (Å²) in [5.74, 6) is 1.06. The average Bonchev–Trinajstić information content (AvgIpc) is 2.23. The van der Waals surface area contributed by atoms with Crippen molar-refractivity contribution in [1.82, 2.24) is 9.97 Å². The first-order chi connectivity index (χ1) is 7.33. The molecule has 0 aromatic carbocycles. The summed E-state index contributed by atoms with van der Waals surface area (Å²) >= 11 is 1.71. The summed E-state index contributed by atoms with van der Waals surface area (Å²) in [7, 11) is 0. The zero-order chi connectivity index (χ0) is 10.9. The van der Waals surface area contributed by atoms with Crippen molar-refractivity contribution in [3.8, 4) is 0 Å². The Bertz CT molecular complexity index is 281. The fraction of sp³-hybridized carbons (Fsp3) is 0.636. The lowest BCUT2D eigenvalue weighted by Gasteiger charge is -2.00. The van der Waals surface area contributed by atoms with E-state index < -0.39 is 0 Å². The highest BCUT2D eigenvalue weighted by Gasteiger charge is 1.97. The van der Waals surface area contributed by atoms with E-state index in [1.165, 1.54) is 12.8 Å². The summed E-state index contributed by atoms with van der Waals surface area (Å²) in [6.45, 7) is 2.29. The third-order valence-electron chi connectivity index (χ3n) is 2.06. The van der Waals surface area contributed by atoms with E-state index in [4.69, 9.17) is 5.11 Å². The molecule has 15 heavy (non-hydrogen) atoms. The van der Waals surface area contributed by atoms with Crippen molar-refractivity contribution >= 4 is 11.8 Å². The molecule has 0 radical (unpaired) electrons. The van der Waals surface area contributed by atoms with Gasteiger partial charge in [-0.15, -0.1) is 0 Å². The van der Waals surface area contributed by atoms with Gasteiger partial charge in [-0.1, -0.05) is 24.6 Å². The number of aliphatic hydroxyl groups is 1. The van der Waals surface area contributed by atoms with Crippen molar-refractivity contribution < 1.29 is 5.11 Å². The molecule has 4 heteroatoms. The van der Waals surface area contributed by atoms with Crippen LogP contribution in [0.1, 0.15) is 31.4 Å². The molecule has 1 aromatic heterocycles. The van der Waals surface area contributed by atoms with Gasteiger partial charge in [0.05, 0.1) is 0 Å². The maximum absolute atomic E-state index is 8.61. The van der Waals surface area contributed by atoms with Gasteiger partial charge in [-0.2, -0.15) is 0 Å². The molecule has 1 rings (SSSR count). The van der Waals surface area contributed by atoms with Gasteiger partial charge >= 0.3 is 0 Å². The molecule has 1 heterocycles. The second-order valence-corrected chi connectivity index (χ2v) is 4.53. The number of aromatic nitrogens is 2. The summed E-state index contributed by atoms with van der Waals surface area (Å²) < 4.78 is 0. The molecule has 3 nitrogen and oxygen atoms in total. The molecule has 0 fully saturated rings. The maximum atomic E-state index is 8.61. The molecular weight excluding hydrogens is 208 g/mol. The fourth-order valence-corrected chi connectivity index (χ4v) is 2.10. The minimum atomic E-state index is 0.314. The van der Waals surface area contributed by atoms with Crippen LogP contribution in [0.5, 0.6) is 0 Å². The van der Waals surface area contributed by atoms with Crippen molar-refractivity contribution in [2.75, 3.05) is 12.4 Å². The molecule has 0 unspecified atom stereocenters. The number of rotatable bonds is 7. The normalized spacial score (nSPS) is 10.5. The smallest absolute Gasteiger partial charge is 0.187 e. The first-order valence-corrected chi connectivity index (χ1v) is 6.35. The summed E-state index contributed by atoms with van der Waals surface area (Å²) in [4.78, 5) is 8.50. The molecule has 0 bridgehead atoms. The molecule has 0 spiro atoms. The molecule has 0 aliphatic rings. The predicted molar refractivity (Wildman–Crippen MR) is 63.0 cm³/mol. The lowest BCUT2D eigenvalue weighted by atomic mass is 10.2. The first kappa shape index (κ1) is 12.5. The maximum Gasteiger partial charge on any atom is 0.187 e. The summed E-state index contributed by atoms with van der Waals surface area (Å²) in [6, 6.07) is 1.91. The molecule has 0 saturated heterocycles. The highest BCUT2D eigenvalue weighted by atomic mass is 32.2. The summed E-state index contributed by atoms with van der Waals surface area (Å²) in [5, 5.41) is 9.48. The molecule has 1 N–H and O–H groups in total. The van der Waals surface area contributed by atoms with Crippen molar-refractivity contribution in [3.05, 3.63) is 18.0 Å². The Morgan fingerprint density at radius 3 is 2.80 bits per heavy atom. The molecule has 0 aliphatic carbocycles. The van der Waals surface area contributed by atoms with Crippen LogP contribution in [0.4, 0.5) is 0 Å². The average molecular weight is 226 g/mol. The van der Waals surface area contributed by atoms with Gasteiger partial charge in [0.1, 0.15) is 0 Å². The van der Waals surface area contributed by atoms with Crippen LogP contribution in [-0.2, 0) is 0 Å². The highest BCUT2D eigenvalue weighted by Crippen LogP contribution is 2.15. The number of unbranched alkanes of at least 4 members (excludes halogenated alkanes) is 3. The third-order valence-corrected chi connectivity index (χ3v) is 3.00. The molecule has 0 aliphatic heterocycles. The summed E-state index contributed by atoms with van der Waals surface area (Å²) in [6.07, 6.45) is 6.19. The zero-order valence-electron chi connectivity index (χ0n) is 9.15. The van der Waals surface area contributed by atoms with Crippen LogP contribution in [0.25, 0.3) is 0 Å². The largest absolute Gasteiger partial charge is 0.396 e. The Labute approximate surface area is 95.3 Å². The van der Waals surface area contributed by atoms with Gasteiger partial charge < -0.3 is 5.11 Å². The number of hydrogen-bond donors (Lipinski definition) is 1. The fourth-order valence-electron chi connectivity index (χ4n) is 1.23. The van der Waals surface area contributed by atoms with Crippen LogP contribution in [0.3, 0.4) is 0 Å². The van der Waals surface area contributed by atoms with E-state index in [1.54, 1.807) is 18.0 Å². The van der Waals surface area contributed by atoms with Crippen LogP contribution >= 0.6 is 11.8 Å². The standard InChI is InChI=1S/C11H18N2OS/c1-10-6-7-12-11(13-10)15-9-5-3-2-4-8-14/h6-7,14H,2-5,8-9H2,1H3. The van der Waals surface area contributed by atoms with Gasteiger partial charge in [0.2, 0.25) is 0 Å². The minimum Gasteiger partial charge on any atom is -0.396 e. The number of thioether (sulfide) groups is 1. The molecular formula is C11H18N2OS. The van der Waals surface area contributed by atoms with Crippen molar-refractivity contribution in [1.29, 1.82) is 0 Å². The van der Waals surface area contributed by atoms with E-state index >= 15 is 0 Å². The Morgan fingerprint density at radius 1 is 1.27 bits per heavy atom. The molecule has 0 amide bonds. The van der Waals surface area contributed by atoms with Gasteiger partial charge in [-0.25, -0.2) is 9.97 Å². The topological polar surface area (TPSA) is 46.0 Å². The van der Waals surface area contributed by atoms with Crippen LogP contribution in [0.15, 0.2) is 17.4 Å². The van der Waals surface area contributed by atoms with Gasteiger partial charge in [-0.3, -0.25) is 0 Å². The van der Waals surface area contributed by atoms with Gasteiger partial charge in [0, 0.05) is 24.3 Å². The minimum absolute atomic E-state index is 0.314. The van der Waals surface area contributed by atoms with E-state index in [2.05, 4.69) is 9.97 Å². The van der Waals surface area contributed by atoms with Gasteiger partial charge in [0.15, 0.2) is 5.16 Å². The quantitative estimate of drug-likeness (QED) is 0.440. The van der Waals surface area contributed by atoms with E-state index in [1.807, 2.05) is 13.0 Å². The van der Waals surface area contributed by atoms with Crippen molar-refractivity contribution in [3.63, 3.8) is 0 Å². The zero-order valence-corrected chi connectivity index (χ0v) is 9.96. The van der Waals surface area contributed by atoms with Crippen molar-refractivity contribution in [2.24, 2.45) is 0 Å². The molecule has 0 atom stereocenters. The summed E-state index contributed by atoms with van der Waals surface area (Å²) in [5.41, 5.74) is 1.02. The van der Waals surface area contributed by atoms with E-state index in [0.29, 0.717) is 6.61 Å². The van der Waals surface area contributed by atoms with Gasteiger partial charge in [0.25, 0.3) is 0 Å². The number of aryl methyl sites for hydroxylation is 1. The van der Waals surface area contributed by atoms with Crippen molar-refractivity contribution in [2.45, 2.75) is 37.8 Å². The van der Waals surface area contributed by atoms with E-state index in [-0.39, 0.29) is 0 Å². The molecule has 84 valence electrons. The second-order valence-electron chi connectivity index (χ2n) is 3.47. The van der Waals surface area contributed by atoms with E-state index in [9.17, 15) is 0 Å². The SMILES string of the molecule is Cc1ccnc(SCCCCCCO)n1. The van der Waals surface area contributed by atoms with E-state index in [0.717, 1.165) is 29.4 Å².